The summed E-state index contributed by atoms with van der Waals surface area (Å²) < 4.78 is 6.55. The quantitative estimate of drug-likeness (QED) is 0.591. The molecule has 0 saturated carbocycles. The Kier molecular flexibility index (Phi) is 5.76. The molecule has 0 aliphatic heterocycles. The number of nitrogens with zero attached hydrogens (tertiary/aromatic N) is 2. The highest BCUT2D eigenvalue weighted by Crippen LogP contribution is 2.26. The Labute approximate surface area is 137 Å². The van der Waals surface area contributed by atoms with Crippen LogP contribution in [0, 0.1) is 13.8 Å². The zero-order valence-corrected chi connectivity index (χ0v) is 14.7. The molecular weight excluding hydrogens is 350 g/mol. The second-order valence-corrected chi connectivity index (χ2v) is 6.63. The van der Waals surface area contributed by atoms with Crippen LogP contribution in [0.5, 0.6) is 5.75 Å². The second kappa shape index (κ2) is 7.56. The molecule has 112 valence electrons. The molecule has 1 heterocycles. The van der Waals surface area contributed by atoms with Gasteiger partial charge in [0.1, 0.15) is 5.75 Å². The SMILES string of the molecule is CCCOc1ccc(/C=N\Nc2nc(C)c(C)s2)cc1Br. The minimum Gasteiger partial charge on any atom is -0.492 e. The Hall–Kier alpha value is -1.40. The van der Waals surface area contributed by atoms with E-state index in [9.17, 15) is 0 Å². The van der Waals surface area contributed by atoms with E-state index in [1.807, 2.05) is 32.0 Å². The standard InChI is InChI=1S/C15H18BrN3OS/c1-4-7-20-14-6-5-12(8-13(14)16)9-17-19-15-18-10(2)11(3)21-15/h5-6,8-9H,4,7H2,1-3H3,(H,18,19)/b17-9-. The highest BCUT2D eigenvalue weighted by molar-refractivity contribution is 9.10. The molecule has 4 nitrogen and oxygen atoms in total. The molecule has 2 aromatic rings. The molecule has 6 heteroatoms. The topological polar surface area (TPSA) is 46.5 Å². The number of rotatable bonds is 6. The fraction of sp³-hybridized carbons (Fsp3) is 0.333. The van der Waals surface area contributed by atoms with E-state index in [2.05, 4.69) is 38.4 Å². The third kappa shape index (κ3) is 4.54. The minimum absolute atomic E-state index is 0.719. The van der Waals surface area contributed by atoms with Crippen LogP contribution in [0.4, 0.5) is 5.13 Å². The lowest BCUT2D eigenvalue weighted by Crippen LogP contribution is -1.96. The highest BCUT2D eigenvalue weighted by Gasteiger charge is 2.03. The predicted molar refractivity (Wildman–Crippen MR) is 92.7 cm³/mol. The Balaban J connectivity index is 1.99. The second-order valence-electron chi connectivity index (χ2n) is 4.57. The van der Waals surface area contributed by atoms with E-state index in [1.165, 1.54) is 4.88 Å². The van der Waals surface area contributed by atoms with E-state index in [4.69, 9.17) is 4.74 Å². The van der Waals surface area contributed by atoms with Gasteiger partial charge in [-0.15, -0.1) is 11.3 Å². The van der Waals surface area contributed by atoms with Crippen molar-refractivity contribution in [2.24, 2.45) is 5.10 Å². The Morgan fingerprint density at radius 3 is 2.86 bits per heavy atom. The maximum Gasteiger partial charge on any atom is 0.203 e. The summed E-state index contributed by atoms with van der Waals surface area (Å²) in [4.78, 5) is 5.57. The van der Waals surface area contributed by atoms with Crippen molar-refractivity contribution < 1.29 is 4.74 Å². The van der Waals surface area contributed by atoms with Gasteiger partial charge in [0.15, 0.2) is 0 Å². The average molecular weight is 368 g/mol. The van der Waals surface area contributed by atoms with Gasteiger partial charge < -0.3 is 4.74 Å². The number of benzene rings is 1. The van der Waals surface area contributed by atoms with E-state index < -0.39 is 0 Å². The molecule has 21 heavy (non-hydrogen) atoms. The van der Waals surface area contributed by atoms with Crippen LogP contribution >= 0.6 is 27.3 Å². The monoisotopic (exact) mass is 367 g/mol. The molecule has 1 N–H and O–H groups in total. The Morgan fingerprint density at radius 1 is 1.43 bits per heavy atom. The van der Waals surface area contributed by atoms with Crippen LogP contribution < -0.4 is 10.2 Å². The first-order valence-electron chi connectivity index (χ1n) is 6.75. The van der Waals surface area contributed by atoms with Crippen molar-refractivity contribution in [3.05, 3.63) is 38.8 Å². The summed E-state index contributed by atoms with van der Waals surface area (Å²) in [6.45, 7) is 6.85. The summed E-state index contributed by atoms with van der Waals surface area (Å²) in [7, 11) is 0. The van der Waals surface area contributed by atoms with Crippen molar-refractivity contribution in [3.63, 3.8) is 0 Å². The van der Waals surface area contributed by atoms with Crippen molar-refractivity contribution in [2.45, 2.75) is 27.2 Å². The van der Waals surface area contributed by atoms with Crippen LogP contribution in [0.3, 0.4) is 0 Å². The van der Waals surface area contributed by atoms with Gasteiger partial charge in [0.2, 0.25) is 5.13 Å². The molecule has 0 radical (unpaired) electrons. The third-order valence-electron chi connectivity index (χ3n) is 2.82. The third-order valence-corrected chi connectivity index (χ3v) is 4.42. The summed E-state index contributed by atoms with van der Waals surface area (Å²) in [6.07, 6.45) is 2.76. The molecule has 1 aromatic heterocycles. The fourth-order valence-electron chi connectivity index (χ4n) is 1.61. The molecular formula is C15H18BrN3OS. The Bertz CT molecular complexity index is 620. The van der Waals surface area contributed by atoms with Crippen LogP contribution in [-0.4, -0.2) is 17.8 Å². The van der Waals surface area contributed by atoms with Crippen LogP contribution in [0.25, 0.3) is 0 Å². The number of hydrazone groups is 1. The summed E-state index contributed by atoms with van der Waals surface area (Å²) in [5.74, 6) is 0.855. The van der Waals surface area contributed by atoms with Crippen molar-refractivity contribution in [1.29, 1.82) is 0 Å². The summed E-state index contributed by atoms with van der Waals surface area (Å²) in [5.41, 5.74) is 4.98. The van der Waals surface area contributed by atoms with Crippen molar-refractivity contribution in [1.82, 2.24) is 4.98 Å². The number of hydrogen-bond acceptors (Lipinski definition) is 5. The average Bonchev–Trinajstić information content (AvgIpc) is 2.77. The van der Waals surface area contributed by atoms with Crippen molar-refractivity contribution in [2.75, 3.05) is 12.0 Å². The molecule has 0 saturated heterocycles. The van der Waals surface area contributed by atoms with Crippen LogP contribution in [-0.2, 0) is 0 Å². The molecule has 1 aromatic carbocycles. The van der Waals surface area contributed by atoms with Gasteiger partial charge in [-0.1, -0.05) is 6.92 Å². The molecule has 0 aliphatic carbocycles. The van der Waals surface area contributed by atoms with Gasteiger partial charge in [-0.2, -0.15) is 5.10 Å². The molecule has 0 unspecified atom stereocenters. The van der Waals surface area contributed by atoms with E-state index in [1.54, 1.807) is 17.6 Å². The lowest BCUT2D eigenvalue weighted by Gasteiger charge is -2.07. The lowest BCUT2D eigenvalue weighted by atomic mass is 10.2. The van der Waals surface area contributed by atoms with Gasteiger partial charge in [-0.25, -0.2) is 4.98 Å². The molecule has 0 amide bonds. The first-order valence-corrected chi connectivity index (χ1v) is 8.36. The number of aryl methyl sites for hydroxylation is 2. The van der Waals surface area contributed by atoms with E-state index in [0.29, 0.717) is 0 Å². The lowest BCUT2D eigenvalue weighted by molar-refractivity contribution is 0.315. The molecule has 2 rings (SSSR count). The zero-order valence-electron chi connectivity index (χ0n) is 12.3. The summed E-state index contributed by atoms with van der Waals surface area (Å²) in [6, 6.07) is 5.90. The van der Waals surface area contributed by atoms with Crippen LogP contribution in [0.15, 0.2) is 27.8 Å². The zero-order chi connectivity index (χ0) is 15.2. The smallest absolute Gasteiger partial charge is 0.203 e. The number of thiazole rings is 1. The van der Waals surface area contributed by atoms with Gasteiger partial charge in [-0.3, -0.25) is 5.43 Å². The van der Waals surface area contributed by atoms with Gasteiger partial charge in [0.05, 0.1) is 23.0 Å². The van der Waals surface area contributed by atoms with E-state index in [0.717, 1.165) is 39.6 Å². The van der Waals surface area contributed by atoms with Gasteiger partial charge in [-0.05, 0) is 60.0 Å². The van der Waals surface area contributed by atoms with E-state index in [-0.39, 0.29) is 0 Å². The minimum atomic E-state index is 0.719. The normalized spacial score (nSPS) is 11.0. The fourth-order valence-corrected chi connectivity index (χ4v) is 2.88. The summed E-state index contributed by atoms with van der Waals surface area (Å²) >= 11 is 5.11. The maximum absolute atomic E-state index is 5.62. The number of ether oxygens (including phenoxy) is 1. The highest BCUT2D eigenvalue weighted by atomic mass is 79.9. The van der Waals surface area contributed by atoms with E-state index >= 15 is 0 Å². The molecule has 0 aliphatic rings. The molecule has 0 fully saturated rings. The maximum atomic E-state index is 5.62. The van der Waals surface area contributed by atoms with Gasteiger partial charge in [0, 0.05) is 4.88 Å². The largest absolute Gasteiger partial charge is 0.492 e. The molecule has 0 bridgehead atoms. The first kappa shape index (κ1) is 16.0. The van der Waals surface area contributed by atoms with Crippen molar-refractivity contribution >= 4 is 38.6 Å². The Morgan fingerprint density at radius 2 is 2.24 bits per heavy atom. The van der Waals surface area contributed by atoms with Gasteiger partial charge in [0.25, 0.3) is 0 Å². The predicted octanol–water partition coefficient (Wildman–Crippen LogP) is 4.76. The molecule has 0 atom stereocenters. The van der Waals surface area contributed by atoms with Crippen molar-refractivity contribution in [3.8, 4) is 5.75 Å². The number of anilines is 1. The van der Waals surface area contributed by atoms with Crippen LogP contribution in [0.2, 0.25) is 0 Å². The molecule has 0 spiro atoms. The number of aromatic nitrogens is 1. The number of nitrogens with one attached hydrogen (secondary N) is 1. The van der Waals surface area contributed by atoms with Crippen LogP contribution in [0.1, 0.15) is 29.5 Å². The first-order chi connectivity index (χ1) is 10.1. The number of hydrogen-bond donors (Lipinski definition) is 1. The number of halogens is 1. The summed E-state index contributed by atoms with van der Waals surface area (Å²) in [5, 5.41) is 5.02. The van der Waals surface area contributed by atoms with Gasteiger partial charge >= 0.3 is 0 Å².